The van der Waals surface area contributed by atoms with Gasteiger partial charge in [-0.3, -0.25) is 9.59 Å². The second-order valence-electron chi connectivity index (χ2n) is 5.06. The fourth-order valence-corrected chi connectivity index (χ4v) is 3.44. The number of anilines is 1. The Hall–Kier alpha value is -0.680. The van der Waals surface area contributed by atoms with E-state index in [9.17, 15) is 9.59 Å². The molecule has 1 unspecified atom stereocenters. The monoisotopic (exact) mass is 387 g/mol. The van der Waals surface area contributed by atoms with E-state index in [0.29, 0.717) is 23.9 Å². The van der Waals surface area contributed by atoms with Gasteiger partial charge < -0.3 is 4.90 Å². The Bertz CT molecular complexity index is 528. The van der Waals surface area contributed by atoms with E-state index < -0.39 is 11.7 Å². The molecule has 1 heterocycles. The molecule has 0 spiro atoms. The Balaban J connectivity index is 2.33. The van der Waals surface area contributed by atoms with E-state index in [1.165, 1.54) is 0 Å². The molecule has 5 heteroatoms. The van der Waals surface area contributed by atoms with Crippen molar-refractivity contribution in [3.05, 3.63) is 28.2 Å². The van der Waals surface area contributed by atoms with Gasteiger partial charge >= 0.3 is 0 Å². The maximum Gasteiger partial charge on any atom is 0.299 e. The summed E-state index contributed by atoms with van der Waals surface area (Å²) in [6, 6.07) is 5.40. The van der Waals surface area contributed by atoms with Crippen LogP contribution in [0.25, 0.3) is 0 Å². The quantitative estimate of drug-likeness (QED) is 0.583. The van der Waals surface area contributed by atoms with Gasteiger partial charge in [-0.1, -0.05) is 45.7 Å². The first-order valence-corrected chi connectivity index (χ1v) is 8.08. The van der Waals surface area contributed by atoms with Crippen molar-refractivity contribution in [2.75, 3.05) is 16.8 Å². The molecule has 0 saturated heterocycles. The minimum absolute atomic E-state index is 0.325. The van der Waals surface area contributed by atoms with E-state index in [2.05, 4.69) is 45.7 Å². The van der Waals surface area contributed by atoms with Crippen molar-refractivity contribution in [2.45, 2.75) is 13.8 Å². The molecule has 3 nitrogen and oxygen atoms in total. The number of benzene rings is 1. The predicted molar refractivity (Wildman–Crippen MR) is 82.9 cm³/mol. The van der Waals surface area contributed by atoms with Crippen LogP contribution >= 0.6 is 31.9 Å². The number of alkyl halides is 1. The van der Waals surface area contributed by atoms with Crippen molar-refractivity contribution in [1.82, 2.24) is 0 Å². The Morgan fingerprint density at radius 3 is 2.53 bits per heavy atom. The molecule has 0 aliphatic carbocycles. The zero-order chi connectivity index (χ0) is 14.2. The fourth-order valence-electron chi connectivity index (χ4n) is 2.13. The third-order valence-electron chi connectivity index (χ3n) is 3.49. The lowest BCUT2D eigenvalue weighted by Crippen LogP contribution is -2.36. The first-order chi connectivity index (χ1) is 8.95. The molecule has 0 fully saturated rings. The van der Waals surface area contributed by atoms with Crippen molar-refractivity contribution in [1.29, 1.82) is 0 Å². The lowest BCUT2D eigenvalue weighted by molar-refractivity contribution is -0.114. The van der Waals surface area contributed by atoms with E-state index in [1.54, 1.807) is 11.0 Å². The van der Waals surface area contributed by atoms with Gasteiger partial charge in [0.25, 0.3) is 11.7 Å². The summed E-state index contributed by atoms with van der Waals surface area (Å²) >= 11 is 6.81. The van der Waals surface area contributed by atoms with Gasteiger partial charge in [0.15, 0.2) is 0 Å². The van der Waals surface area contributed by atoms with Crippen molar-refractivity contribution < 1.29 is 9.59 Å². The molecule has 0 bridgehead atoms. The van der Waals surface area contributed by atoms with E-state index in [0.717, 1.165) is 15.5 Å². The molecule has 19 heavy (non-hydrogen) atoms. The van der Waals surface area contributed by atoms with Gasteiger partial charge in [-0.2, -0.15) is 0 Å². The first kappa shape index (κ1) is 14.7. The summed E-state index contributed by atoms with van der Waals surface area (Å²) in [4.78, 5) is 25.7. The number of hydrogen-bond acceptors (Lipinski definition) is 2. The Labute approximate surface area is 129 Å². The summed E-state index contributed by atoms with van der Waals surface area (Å²) in [6.07, 6.45) is 0. The van der Waals surface area contributed by atoms with Crippen LogP contribution in [0.5, 0.6) is 0 Å². The normalized spacial score (nSPS) is 16.2. The number of ketones is 1. The molecular weight excluding hydrogens is 374 g/mol. The second kappa shape index (κ2) is 5.75. The van der Waals surface area contributed by atoms with Crippen LogP contribution < -0.4 is 4.90 Å². The summed E-state index contributed by atoms with van der Waals surface area (Å²) in [5.74, 6) is -0.0544. The molecular formula is C14H15Br2NO2. The number of carbonyl (C=O) groups is 2. The molecule has 1 aromatic carbocycles. The van der Waals surface area contributed by atoms with Crippen LogP contribution in [0.4, 0.5) is 5.69 Å². The third kappa shape index (κ3) is 2.77. The number of rotatable bonds is 4. The van der Waals surface area contributed by atoms with Crippen LogP contribution in [0, 0.1) is 11.8 Å². The summed E-state index contributed by atoms with van der Waals surface area (Å²) in [7, 11) is 0. The highest BCUT2D eigenvalue weighted by atomic mass is 79.9. The maximum absolute atomic E-state index is 12.1. The highest BCUT2D eigenvalue weighted by molar-refractivity contribution is 9.10. The van der Waals surface area contributed by atoms with E-state index >= 15 is 0 Å². The number of carbonyl (C=O) groups excluding carboxylic acids is 2. The Morgan fingerprint density at radius 2 is 1.95 bits per heavy atom. The number of halogens is 2. The molecule has 0 N–H and O–H groups in total. The SMILES string of the molecule is CC(C)C(CBr)CN1C(=O)C(=O)c2cc(Br)ccc21. The highest BCUT2D eigenvalue weighted by Crippen LogP contribution is 2.32. The standard InChI is InChI=1S/C14H15Br2NO2/c1-8(2)9(6-15)7-17-12-4-3-10(16)5-11(12)13(18)14(17)19/h3-5,8-9H,6-7H2,1-2H3. The molecule has 1 aliphatic rings. The van der Waals surface area contributed by atoms with Crippen molar-refractivity contribution in [3.8, 4) is 0 Å². The van der Waals surface area contributed by atoms with Crippen LogP contribution in [0.2, 0.25) is 0 Å². The van der Waals surface area contributed by atoms with Gasteiger partial charge in [-0.05, 0) is 30.0 Å². The minimum atomic E-state index is -0.417. The maximum atomic E-state index is 12.1. The third-order valence-corrected chi connectivity index (χ3v) is 4.82. The lowest BCUT2D eigenvalue weighted by atomic mass is 9.97. The average molecular weight is 389 g/mol. The second-order valence-corrected chi connectivity index (χ2v) is 6.63. The molecule has 2 rings (SSSR count). The summed E-state index contributed by atoms with van der Waals surface area (Å²) in [6.45, 7) is 4.82. The fraction of sp³-hybridized carbons (Fsp3) is 0.429. The smallest absolute Gasteiger partial charge is 0.299 e. The van der Waals surface area contributed by atoms with Gasteiger partial charge in [0.2, 0.25) is 0 Å². The van der Waals surface area contributed by atoms with E-state index in [4.69, 9.17) is 0 Å². The molecule has 1 aromatic rings. The molecule has 1 amide bonds. The summed E-state index contributed by atoms with van der Waals surface area (Å²) < 4.78 is 0.815. The largest absolute Gasteiger partial charge is 0.304 e. The van der Waals surface area contributed by atoms with Crippen molar-refractivity contribution in [2.24, 2.45) is 11.8 Å². The van der Waals surface area contributed by atoms with Crippen molar-refractivity contribution >= 4 is 49.2 Å². The van der Waals surface area contributed by atoms with E-state index in [1.807, 2.05) is 12.1 Å². The lowest BCUT2D eigenvalue weighted by Gasteiger charge is -2.25. The molecule has 1 atom stereocenters. The number of Topliss-reactive ketones (excluding diaryl/α,β-unsaturated/α-hetero) is 1. The van der Waals surface area contributed by atoms with Crippen LogP contribution in [0.15, 0.2) is 22.7 Å². The van der Waals surface area contributed by atoms with Gasteiger partial charge in [-0.15, -0.1) is 0 Å². The number of nitrogens with zero attached hydrogens (tertiary/aromatic N) is 1. The average Bonchev–Trinajstić information content (AvgIpc) is 2.59. The van der Waals surface area contributed by atoms with Gasteiger partial charge in [0.05, 0.1) is 11.3 Å². The van der Waals surface area contributed by atoms with Crippen LogP contribution in [0.3, 0.4) is 0 Å². The molecule has 102 valence electrons. The van der Waals surface area contributed by atoms with Gasteiger partial charge in [-0.25, -0.2) is 0 Å². The topological polar surface area (TPSA) is 37.4 Å². The van der Waals surface area contributed by atoms with Crippen molar-refractivity contribution in [3.63, 3.8) is 0 Å². The molecule has 0 radical (unpaired) electrons. The van der Waals surface area contributed by atoms with Crippen LogP contribution in [0.1, 0.15) is 24.2 Å². The number of fused-ring (bicyclic) bond motifs is 1. The van der Waals surface area contributed by atoms with Crippen LogP contribution in [-0.4, -0.2) is 23.6 Å². The van der Waals surface area contributed by atoms with E-state index in [-0.39, 0.29) is 0 Å². The number of amides is 1. The summed E-state index contributed by atoms with van der Waals surface area (Å²) in [5, 5.41) is 0.814. The number of hydrogen-bond donors (Lipinski definition) is 0. The zero-order valence-corrected chi connectivity index (χ0v) is 14.0. The summed E-state index contributed by atoms with van der Waals surface area (Å²) in [5.41, 5.74) is 1.22. The molecule has 0 aromatic heterocycles. The first-order valence-electron chi connectivity index (χ1n) is 6.17. The Kier molecular flexibility index (Phi) is 4.46. The van der Waals surface area contributed by atoms with Gasteiger partial charge in [0, 0.05) is 16.3 Å². The molecule has 1 aliphatic heterocycles. The van der Waals surface area contributed by atoms with Gasteiger partial charge in [0.1, 0.15) is 0 Å². The van der Waals surface area contributed by atoms with Crippen LogP contribution in [-0.2, 0) is 4.79 Å². The minimum Gasteiger partial charge on any atom is -0.304 e. The highest BCUT2D eigenvalue weighted by Gasteiger charge is 2.37. The Morgan fingerprint density at radius 1 is 1.26 bits per heavy atom. The predicted octanol–water partition coefficient (Wildman–Crippen LogP) is 3.65. The zero-order valence-electron chi connectivity index (χ0n) is 10.8. The molecule has 0 saturated carbocycles.